The van der Waals surface area contributed by atoms with E-state index < -0.39 is 0 Å². The number of amides is 2. The van der Waals surface area contributed by atoms with Gasteiger partial charge in [0.1, 0.15) is 5.75 Å². The van der Waals surface area contributed by atoms with Crippen molar-refractivity contribution >= 4 is 34.8 Å². The molecule has 0 radical (unpaired) electrons. The second-order valence-electron chi connectivity index (χ2n) is 8.64. The van der Waals surface area contributed by atoms with E-state index in [-0.39, 0.29) is 11.8 Å². The van der Waals surface area contributed by atoms with E-state index in [0.29, 0.717) is 54.6 Å². The Morgan fingerprint density at radius 2 is 1.69 bits per heavy atom. The van der Waals surface area contributed by atoms with Gasteiger partial charge >= 0.3 is 0 Å². The fraction of sp³-hybridized carbons (Fsp3) is 0.286. The van der Waals surface area contributed by atoms with E-state index in [1.165, 1.54) is 0 Å². The summed E-state index contributed by atoms with van der Waals surface area (Å²) in [4.78, 5) is 29.5. The van der Waals surface area contributed by atoms with Crippen molar-refractivity contribution in [1.82, 2.24) is 4.90 Å². The molecule has 6 nitrogen and oxygen atoms in total. The van der Waals surface area contributed by atoms with Crippen molar-refractivity contribution in [3.05, 3.63) is 88.4 Å². The van der Waals surface area contributed by atoms with Gasteiger partial charge in [-0.15, -0.1) is 0 Å². The van der Waals surface area contributed by atoms with Crippen LogP contribution < -0.4 is 15.0 Å². The van der Waals surface area contributed by atoms with Crippen molar-refractivity contribution in [2.24, 2.45) is 0 Å². The number of rotatable bonds is 7. The zero-order chi connectivity index (χ0) is 24.8. The second-order valence-corrected chi connectivity index (χ2v) is 9.05. The molecule has 1 aliphatic heterocycles. The van der Waals surface area contributed by atoms with Crippen LogP contribution in [0.25, 0.3) is 0 Å². The zero-order valence-corrected chi connectivity index (χ0v) is 20.8. The summed E-state index contributed by atoms with van der Waals surface area (Å²) in [6, 6.07) is 20.3. The lowest BCUT2D eigenvalue weighted by Crippen LogP contribution is -2.48. The van der Waals surface area contributed by atoms with Gasteiger partial charge < -0.3 is 19.9 Å². The number of nitrogens with zero attached hydrogens (tertiary/aromatic N) is 2. The smallest absolute Gasteiger partial charge is 0.255 e. The van der Waals surface area contributed by atoms with Crippen LogP contribution in [0.4, 0.5) is 11.4 Å². The molecular weight excluding hydrogens is 462 g/mol. The van der Waals surface area contributed by atoms with E-state index in [1.54, 1.807) is 12.1 Å². The van der Waals surface area contributed by atoms with Crippen LogP contribution in [0.3, 0.4) is 0 Å². The number of piperazine rings is 1. The van der Waals surface area contributed by atoms with Crippen LogP contribution in [0.2, 0.25) is 5.02 Å². The topological polar surface area (TPSA) is 61.9 Å². The maximum Gasteiger partial charge on any atom is 0.255 e. The largest absolute Gasteiger partial charge is 0.494 e. The van der Waals surface area contributed by atoms with Gasteiger partial charge in [0.15, 0.2) is 0 Å². The number of nitrogens with one attached hydrogen (secondary N) is 1. The van der Waals surface area contributed by atoms with Gasteiger partial charge in [-0.2, -0.15) is 0 Å². The molecule has 3 aromatic rings. The van der Waals surface area contributed by atoms with E-state index in [4.69, 9.17) is 16.3 Å². The van der Waals surface area contributed by atoms with Crippen LogP contribution in [0, 0.1) is 6.92 Å². The monoisotopic (exact) mass is 491 g/mol. The number of aryl methyl sites for hydroxylation is 1. The van der Waals surface area contributed by atoms with Crippen LogP contribution >= 0.6 is 11.6 Å². The molecule has 0 aliphatic carbocycles. The fourth-order valence-corrected chi connectivity index (χ4v) is 4.38. The molecule has 0 saturated carbocycles. The van der Waals surface area contributed by atoms with Gasteiger partial charge in [0.05, 0.1) is 17.3 Å². The minimum atomic E-state index is -0.172. The van der Waals surface area contributed by atoms with Crippen molar-refractivity contribution in [1.29, 1.82) is 0 Å². The molecule has 0 spiro atoms. The number of carbonyl (C=O) groups excluding carboxylic acids is 2. The highest BCUT2D eigenvalue weighted by molar-refractivity contribution is 6.33. The summed E-state index contributed by atoms with van der Waals surface area (Å²) in [5.41, 5.74) is 3.83. The number of halogens is 1. The normalized spacial score (nSPS) is 13.5. The first-order valence-corrected chi connectivity index (χ1v) is 12.3. The first-order chi connectivity index (χ1) is 16.9. The molecule has 4 rings (SSSR count). The van der Waals surface area contributed by atoms with Crippen molar-refractivity contribution in [2.45, 2.75) is 20.3 Å². The Morgan fingerprint density at radius 3 is 2.34 bits per heavy atom. The molecule has 1 aliphatic rings. The summed E-state index contributed by atoms with van der Waals surface area (Å²) in [6.07, 6.45) is 0.944. The summed E-state index contributed by atoms with van der Waals surface area (Å²) in [5.74, 6) is 0.628. The molecule has 0 bridgehead atoms. The standard InChI is InChI=1S/C28H30ClN3O3/c1-3-17-35-24-10-7-21(8-11-24)28(34)32-15-13-31(14-16-32)26-12-9-23(19-25(26)29)30-27(33)22-6-4-5-20(2)18-22/h4-12,18-19H,3,13-17H2,1-2H3,(H,30,33). The summed E-state index contributed by atoms with van der Waals surface area (Å²) >= 11 is 6.58. The van der Waals surface area contributed by atoms with E-state index in [9.17, 15) is 9.59 Å². The van der Waals surface area contributed by atoms with Gasteiger partial charge in [-0.1, -0.05) is 36.2 Å². The molecule has 0 aromatic heterocycles. The van der Waals surface area contributed by atoms with Crippen LogP contribution in [0.15, 0.2) is 66.7 Å². The molecule has 0 unspecified atom stereocenters. The highest BCUT2D eigenvalue weighted by Gasteiger charge is 2.23. The molecule has 1 heterocycles. The zero-order valence-electron chi connectivity index (χ0n) is 20.1. The molecule has 7 heteroatoms. The maximum atomic E-state index is 12.9. The minimum absolute atomic E-state index is 0.0204. The molecule has 1 fully saturated rings. The SMILES string of the molecule is CCCOc1ccc(C(=O)N2CCN(c3ccc(NC(=O)c4cccc(C)c4)cc3Cl)CC2)cc1. The van der Waals surface area contributed by atoms with Gasteiger partial charge in [0.25, 0.3) is 11.8 Å². The number of hydrogen-bond acceptors (Lipinski definition) is 4. The lowest BCUT2D eigenvalue weighted by Gasteiger charge is -2.36. The molecule has 2 amide bonds. The Balaban J connectivity index is 1.34. The Hall–Kier alpha value is -3.51. The third kappa shape index (κ3) is 6.14. The van der Waals surface area contributed by atoms with Gasteiger partial charge in [-0.25, -0.2) is 0 Å². The third-order valence-corrected chi connectivity index (χ3v) is 6.27. The molecule has 182 valence electrons. The van der Waals surface area contributed by atoms with Crippen molar-refractivity contribution in [2.75, 3.05) is 43.0 Å². The Bertz CT molecular complexity index is 1190. The number of anilines is 2. The number of carbonyl (C=O) groups is 2. The lowest BCUT2D eigenvalue weighted by molar-refractivity contribution is 0.0746. The summed E-state index contributed by atoms with van der Waals surface area (Å²) in [6.45, 7) is 7.25. The molecule has 1 saturated heterocycles. The average molecular weight is 492 g/mol. The second kappa shape index (κ2) is 11.3. The first-order valence-electron chi connectivity index (χ1n) is 11.9. The van der Waals surface area contributed by atoms with E-state index >= 15 is 0 Å². The highest BCUT2D eigenvalue weighted by Crippen LogP contribution is 2.30. The average Bonchev–Trinajstić information content (AvgIpc) is 2.87. The Labute approximate surface area is 211 Å². The molecule has 3 aromatic carbocycles. The van der Waals surface area contributed by atoms with E-state index in [2.05, 4.69) is 17.1 Å². The predicted molar refractivity (Wildman–Crippen MR) is 141 cm³/mol. The number of benzene rings is 3. The molecular formula is C28H30ClN3O3. The Kier molecular flexibility index (Phi) is 7.93. The maximum absolute atomic E-state index is 12.9. The first kappa shape index (κ1) is 24.6. The number of ether oxygens (including phenoxy) is 1. The van der Waals surface area contributed by atoms with Crippen LogP contribution in [-0.2, 0) is 0 Å². The highest BCUT2D eigenvalue weighted by atomic mass is 35.5. The van der Waals surface area contributed by atoms with Crippen molar-refractivity contribution in [3.63, 3.8) is 0 Å². The van der Waals surface area contributed by atoms with Gasteiger partial charge in [-0.3, -0.25) is 9.59 Å². The van der Waals surface area contributed by atoms with Gasteiger partial charge in [0, 0.05) is 43.0 Å². The molecule has 1 N–H and O–H groups in total. The van der Waals surface area contributed by atoms with Crippen LogP contribution in [0.5, 0.6) is 5.75 Å². The van der Waals surface area contributed by atoms with E-state index in [1.807, 2.05) is 66.4 Å². The van der Waals surface area contributed by atoms with Crippen LogP contribution in [0.1, 0.15) is 39.6 Å². The summed E-state index contributed by atoms with van der Waals surface area (Å²) in [5, 5.41) is 3.47. The fourth-order valence-electron chi connectivity index (χ4n) is 4.08. The predicted octanol–water partition coefficient (Wildman–Crippen LogP) is 5.65. The van der Waals surface area contributed by atoms with Gasteiger partial charge in [0.2, 0.25) is 0 Å². The molecule has 35 heavy (non-hydrogen) atoms. The van der Waals surface area contributed by atoms with Crippen LogP contribution in [-0.4, -0.2) is 49.5 Å². The van der Waals surface area contributed by atoms with Crippen molar-refractivity contribution < 1.29 is 14.3 Å². The third-order valence-electron chi connectivity index (χ3n) is 5.97. The summed E-state index contributed by atoms with van der Waals surface area (Å²) < 4.78 is 5.60. The minimum Gasteiger partial charge on any atom is -0.494 e. The van der Waals surface area contributed by atoms with E-state index in [0.717, 1.165) is 23.4 Å². The quantitative estimate of drug-likeness (QED) is 0.463. The molecule has 0 atom stereocenters. The lowest BCUT2D eigenvalue weighted by atomic mass is 10.1. The summed E-state index contributed by atoms with van der Waals surface area (Å²) in [7, 11) is 0. The van der Waals surface area contributed by atoms with Crippen molar-refractivity contribution in [3.8, 4) is 5.75 Å². The Morgan fingerprint density at radius 1 is 0.943 bits per heavy atom. The van der Waals surface area contributed by atoms with Gasteiger partial charge in [-0.05, 0) is 67.9 Å². The number of hydrogen-bond donors (Lipinski definition) is 1.